The number of hydrogen-bond acceptors (Lipinski definition) is 2. The number of ether oxygens (including phenoxy) is 1. The second-order valence-corrected chi connectivity index (χ2v) is 5.64. The van der Waals surface area contributed by atoms with Gasteiger partial charge in [0.1, 0.15) is 0 Å². The van der Waals surface area contributed by atoms with E-state index in [2.05, 4.69) is 22.6 Å². The van der Waals surface area contributed by atoms with Crippen LogP contribution in [0.4, 0.5) is 0 Å². The normalized spacial score (nSPS) is 11.5. The van der Waals surface area contributed by atoms with Crippen LogP contribution in [0.25, 0.3) is 0 Å². The zero-order chi connectivity index (χ0) is 12.2. The third-order valence-electron chi connectivity index (χ3n) is 2.65. The van der Waals surface area contributed by atoms with Crippen LogP contribution in [0, 0.1) is 3.57 Å². The zero-order valence-corrected chi connectivity index (χ0v) is 12.1. The highest BCUT2D eigenvalue weighted by molar-refractivity contribution is 14.1. The zero-order valence-electron chi connectivity index (χ0n) is 9.92. The van der Waals surface area contributed by atoms with Crippen molar-refractivity contribution in [1.82, 2.24) is 0 Å². The number of halogens is 1. The van der Waals surface area contributed by atoms with E-state index in [4.69, 9.17) is 4.74 Å². The van der Waals surface area contributed by atoms with Crippen molar-refractivity contribution in [3.63, 3.8) is 0 Å². The molecule has 2 nitrogen and oxygen atoms in total. The van der Waals surface area contributed by atoms with Crippen LogP contribution in [-0.2, 0) is 4.74 Å². The molecule has 0 radical (unpaired) electrons. The molecular formula is C13H17IO2. The minimum absolute atomic E-state index is 0.184. The van der Waals surface area contributed by atoms with E-state index >= 15 is 0 Å². The average molecular weight is 332 g/mol. The van der Waals surface area contributed by atoms with E-state index in [0.29, 0.717) is 6.42 Å². The van der Waals surface area contributed by atoms with Gasteiger partial charge in [-0.3, -0.25) is 4.79 Å². The SMILES string of the molecule is COC(C)(C)CCC(=O)c1cccc(I)c1. The molecule has 0 saturated heterocycles. The van der Waals surface area contributed by atoms with E-state index in [1.807, 2.05) is 38.1 Å². The van der Waals surface area contributed by atoms with Crippen LogP contribution in [0.1, 0.15) is 37.0 Å². The van der Waals surface area contributed by atoms with Crippen molar-refractivity contribution in [2.24, 2.45) is 0 Å². The summed E-state index contributed by atoms with van der Waals surface area (Å²) in [4.78, 5) is 11.9. The number of rotatable bonds is 5. The van der Waals surface area contributed by atoms with E-state index in [0.717, 1.165) is 15.6 Å². The molecule has 0 atom stereocenters. The van der Waals surface area contributed by atoms with E-state index in [-0.39, 0.29) is 11.4 Å². The fourth-order valence-corrected chi connectivity index (χ4v) is 1.87. The summed E-state index contributed by atoms with van der Waals surface area (Å²) in [5.41, 5.74) is 0.566. The van der Waals surface area contributed by atoms with Crippen molar-refractivity contribution in [3.05, 3.63) is 33.4 Å². The quantitative estimate of drug-likeness (QED) is 0.607. The van der Waals surface area contributed by atoms with Gasteiger partial charge in [-0.05, 0) is 55.0 Å². The average Bonchev–Trinajstić information content (AvgIpc) is 2.26. The van der Waals surface area contributed by atoms with Crippen molar-refractivity contribution >= 4 is 28.4 Å². The molecule has 0 saturated carbocycles. The molecule has 0 N–H and O–H groups in total. The first-order valence-electron chi connectivity index (χ1n) is 5.28. The van der Waals surface area contributed by atoms with Crippen LogP contribution < -0.4 is 0 Å². The maximum atomic E-state index is 11.9. The van der Waals surface area contributed by atoms with Crippen molar-refractivity contribution < 1.29 is 9.53 Å². The lowest BCUT2D eigenvalue weighted by Crippen LogP contribution is -2.23. The first-order chi connectivity index (χ1) is 7.44. The monoisotopic (exact) mass is 332 g/mol. The molecule has 0 aliphatic heterocycles. The molecule has 1 rings (SSSR count). The van der Waals surface area contributed by atoms with Crippen molar-refractivity contribution in [1.29, 1.82) is 0 Å². The van der Waals surface area contributed by atoms with Gasteiger partial charge in [0, 0.05) is 22.7 Å². The highest BCUT2D eigenvalue weighted by atomic mass is 127. The van der Waals surface area contributed by atoms with Gasteiger partial charge >= 0.3 is 0 Å². The third kappa shape index (κ3) is 4.22. The molecular weight excluding hydrogens is 315 g/mol. The molecule has 1 aromatic rings. The van der Waals surface area contributed by atoms with Crippen LogP contribution in [0.3, 0.4) is 0 Å². The molecule has 3 heteroatoms. The Morgan fingerprint density at radius 2 is 2.12 bits per heavy atom. The summed E-state index contributed by atoms with van der Waals surface area (Å²) in [6.45, 7) is 3.99. The maximum Gasteiger partial charge on any atom is 0.163 e. The number of methoxy groups -OCH3 is 1. The van der Waals surface area contributed by atoms with Crippen molar-refractivity contribution in [2.45, 2.75) is 32.3 Å². The number of Topliss-reactive ketones (excluding diaryl/α,β-unsaturated/α-hetero) is 1. The predicted octanol–water partition coefficient (Wildman–Crippen LogP) is 3.68. The van der Waals surface area contributed by atoms with Gasteiger partial charge < -0.3 is 4.74 Å². The van der Waals surface area contributed by atoms with Gasteiger partial charge in [0.05, 0.1) is 5.60 Å². The first kappa shape index (κ1) is 13.6. The molecule has 0 fully saturated rings. The van der Waals surface area contributed by atoms with Gasteiger partial charge in [0.15, 0.2) is 5.78 Å². The van der Waals surface area contributed by atoms with E-state index < -0.39 is 0 Å². The van der Waals surface area contributed by atoms with Gasteiger partial charge in [-0.1, -0.05) is 12.1 Å². The van der Waals surface area contributed by atoms with Gasteiger partial charge in [-0.2, -0.15) is 0 Å². The first-order valence-corrected chi connectivity index (χ1v) is 6.36. The Morgan fingerprint density at radius 3 is 2.69 bits per heavy atom. The van der Waals surface area contributed by atoms with Gasteiger partial charge in [-0.15, -0.1) is 0 Å². The lowest BCUT2D eigenvalue weighted by molar-refractivity contribution is 0.0141. The van der Waals surface area contributed by atoms with Crippen LogP contribution in [0.15, 0.2) is 24.3 Å². The number of benzene rings is 1. The molecule has 0 spiro atoms. The molecule has 1 aromatic carbocycles. The molecule has 0 bridgehead atoms. The molecule has 0 aliphatic rings. The summed E-state index contributed by atoms with van der Waals surface area (Å²) >= 11 is 2.21. The standard InChI is InChI=1S/C13H17IO2/c1-13(2,16-3)8-7-12(15)10-5-4-6-11(14)9-10/h4-6,9H,7-8H2,1-3H3. The molecule has 0 amide bonds. The number of carbonyl (C=O) groups excluding carboxylic acids is 1. The summed E-state index contributed by atoms with van der Waals surface area (Å²) in [6, 6.07) is 7.68. The van der Waals surface area contributed by atoms with Crippen LogP contribution in [-0.4, -0.2) is 18.5 Å². The summed E-state index contributed by atoms with van der Waals surface area (Å²) in [5, 5.41) is 0. The molecule has 0 heterocycles. The topological polar surface area (TPSA) is 26.3 Å². The van der Waals surface area contributed by atoms with Crippen LogP contribution in [0.2, 0.25) is 0 Å². The largest absolute Gasteiger partial charge is 0.379 e. The fraction of sp³-hybridized carbons (Fsp3) is 0.462. The van der Waals surface area contributed by atoms with E-state index in [1.54, 1.807) is 7.11 Å². The Morgan fingerprint density at radius 1 is 1.44 bits per heavy atom. The number of ketones is 1. The van der Waals surface area contributed by atoms with Gasteiger partial charge in [0.2, 0.25) is 0 Å². The maximum absolute atomic E-state index is 11.9. The smallest absolute Gasteiger partial charge is 0.163 e. The second kappa shape index (κ2) is 5.77. The van der Waals surface area contributed by atoms with Crippen LogP contribution >= 0.6 is 22.6 Å². The summed E-state index contributed by atoms with van der Waals surface area (Å²) < 4.78 is 6.39. The Labute approximate surface area is 111 Å². The number of hydrogen-bond donors (Lipinski definition) is 0. The molecule has 0 unspecified atom stereocenters. The van der Waals surface area contributed by atoms with Gasteiger partial charge in [-0.25, -0.2) is 0 Å². The summed E-state index contributed by atoms with van der Waals surface area (Å²) in [7, 11) is 1.68. The van der Waals surface area contributed by atoms with Crippen LogP contribution in [0.5, 0.6) is 0 Å². The highest BCUT2D eigenvalue weighted by Crippen LogP contribution is 2.18. The van der Waals surface area contributed by atoms with E-state index in [9.17, 15) is 4.79 Å². The molecule has 0 aliphatic carbocycles. The lowest BCUT2D eigenvalue weighted by atomic mass is 9.98. The Kier molecular flexibility index (Phi) is 4.92. The highest BCUT2D eigenvalue weighted by Gasteiger charge is 2.18. The molecule has 0 aromatic heterocycles. The predicted molar refractivity (Wildman–Crippen MR) is 73.8 cm³/mol. The van der Waals surface area contributed by atoms with Gasteiger partial charge in [0.25, 0.3) is 0 Å². The van der Waals surface area contributed by atoms with Crippen molar-refractivity contribution in [3.8, 4) is 0 Å². The molecule has 88 valence electrons. The summed E-state index contributed by atoms with van der Waals surface area (Å²) in [5.74, 6) is 0.184. The Balaban J connectivity index is 2.60. The second-order valence-electron chi connectivity index (χ2n) is 4.40. The number of carbonyl (C=O) groups is 1. The fourth-order valence-electron chi connectivity index (χ4n) is 1.32. The minimum atomic E-state index is -0.225. The molecule has 16 heavy (non-hydrogen) atoms. The van der Waals surface area contributed by atoms with E-state index in [1.165, 1.54) is 0 Å². The van der Waals surface area contributed by atoms with Crippen molar-refractivity contribution in [2.75, 3.05) is 7.11 Å². The third-order valence-corrected chi connectivity index (χ3v) is 3.32. The minimum Gasteiger partial charge on any atom is -0.379 e. The summed E-state index contributed by atoms with van der Waals surface area (Å²) in [6.07, 6.45) is 1.27. The Bertz CT molecular complexity index is 372. The lowest BCUT2D eigenvalue weighted by Gasteiger charge is -2.22. The Hall–Kier alpha value is -0.420.